The molecule has 1 heterocycles. The van der Waals surface area contributed by atoms with Crippen LogP contribution in [-0.2, 0) is 0 Å². The summed E-state index contributed by atoms with van der Waals surface area (Å²) in [4.78, 5) is 21.4. The van der Waals surface area contributed by atoms with E-state index >= 15 is 0 Å². The molecular weight excluding hydrogens is 250 g/mol. The molecule has 0 aliphatic rings. The lowest BCUT2D eigenvalue weighted by Crippen LogP contribution is -2.35. The van der Waals surface area contributed by atoms with Crippen molar-refractivity contribution in [1.29, 1.82) is 0 Å². The number of unbranched alkanes of at least 4 members (excludes halogenated alkanes) is 1. The minimum Gasteiger partial charge on any atom is -0.353 e. The number of hydrogen-bond acceptors (Lipinski definition) is 4. The van der Waals surface area contributed by atoms with Crippen LogP contribution in [0.15, 0.2) is 6.33 Å². The van der Waals surface area contributed by atoms with Crippen molar-refractivity contribution in [3.05, 3.63) is 17.0 Å². The molecule has 0 aliphatic heterocycles. The molecule has 0 fully saturated rings. The summed E-state index contributed by atoms with van der Waals surface area (Å²) < 4.78 is 0. The first kappa shape index (κ1) is 14.9. The van der Waals surface area contributed by atoms with Crippen molar-refractivity contribution in [3.8, 4) is 0 Å². The average Bonchev–Trinajstić information content (AvgIpc) is 2.39. The second-order valence-corrected chi connectivity index (χ2v) is 4.68. The van der Waals surface area contributed by atoms with Gasteiger partial charge in [-0.1, -0.05) is 31.9 Å². The molecule has 0 radical (unpaired) electrons. The highest BCUT2D eigenvalue weighted by Gasteiger charge is 2.19. The van der Waals surface area contributed by atoms with Crippen LogP contribution in [0.4, 0.5) is 5.82 Å². The van der Waals surface area contributed by atoms with Gasteiger partial charge in [0.1, 0.15) is 17.3 Å². The third kappa shape index (κ3) is 3.42. The molecule has 4 nitrogen and oxygen atoms in total. The van der Waals surface area contributed by atoms with Crippen LogP contribution in [0.3, 0.4) is 0 Å². The van der Waals surface area contributed by atoms with E-state index in [9.17, 15) is 4.79 Å². The van der Waals surface area contributed by atoms with Gasteiger partial charge in [-0.2, -0.15) is 0 Å². The summed E-state index contributed by atoms with van der Waals surface area (Å²) in [6, 6.07) is 0.321. The first-order valence-electron chi connectivity index (χ1n) is 6.37. The Bertz CT molecular complexity index is 398. The number of nitrogens with zero attached hydrogens (tertiary/aromatic N) is 3. The molecule has 0 saturated carbocycles. The Morgan fingerprint density at radius 3 is 2.72 bits per heavy atom. The van der Waals surface area contributed by atoms with Crippen LogP contribution in [0.5, 0.6) is 0 Å². The van der Waals surface area contributed by atoms with Crippen molar-refractivity contribution in [2.24, 2.45) is 0 Å². The van der Waals surface area contributed by atoms with E-state index in [1.165, 1.54) is 6.33 Å². The number of carbonyl (C=O) groups is 1. The zero-order chi connectivity index (χ0) is 13.5. The molecule has 0 aromatic carbocycles. The molecule has 0 N–H and O–H groups in total. The summed E-state index contributed by atoms with van der Waals surface area (Å²) in [6.45, 7) is 7.26. The van der Waals surface area contributed by atoms with Gasteiger partial charge in [-0.15, -0.1) is 0 Å². The van der Waals surface area contributed by atoms with E-state index in [4.69, 9.17) is 11.6 Å². The van der Waals surface area contributed by atoms with Gasteiger partial charge in [0.05, 0.1) is 5.56 Å². The second-order valence-electron chi connectivity index (χ2n) is 4.32. The average molecular weight is 270 g/mol. The lowest BCUT2D eigenvalue weighted by atomic mass is 10.1. The molecule has 1 aromatic heterocycles. The fourth-order valence-corrected chi connectivity index (χ4v) is 1.95. The number of halogens is 1. The Hall–Kier alpha value is -1.16. The number of hydrogen-bond donors (Lipinski definition) is 0. The molecule has 1 aromatic rings. The summed E-state index contributed by atoms with van der Waals surface area (Å²) in [5.74, 6) is 0.646. The van der Waals surface area contributed by atoms with Crippen molar-refractivity contribution >= 4 is 23.7 Å². The highest BCUT2D eigenvalue weighted by molar-refractivity contribution is 6.32. The first-order valence-corrected chi connectivity index (χ1v) is 6.75. The normalized spacial score (nSPS) is 12.2. The Kier molecular flexibility index (Phi) is 6.05. The molecule has 18 heavy (non-hydrogen) atoms. The number of rotatable bonds is 7. The van der Waals surface area contributed by atoms with Crippen LogP contribution in [0, 0.1) is 0 Å². The SMILES string of the molecule is CCCCN(c1ncnc(Cl)c1C=O)C(C)CC. The number of anilines is 1. The van der Waals surface area contributed by atoms with Crippen LogP contribution < -0.4 is 4.90 Å². The monoisotopic (exact) mass is 269 g/mol. The standard InChI is InChI=1S/C13H20ClN3O/c1-4-6-7-17(10(3)5-2)13-11(8-18)12(14)15-9-16-13/h8-10H,4-7H2,1-3H3. The molecule has 1 unspecified atom stereocenters. The number of carbonyl (C=O) groups excluding carboxylic acids is 1. The van der Waals surface area contributed by atoms with E-state index < -0.39 is 0 Å². The molecule has 100 valence electrons. The summed E-state index contributed by atoms with van der Waals surface area (Å²) in [5.41, 5.74) is 0.385. The zero-order valence-corrected chi connectivity index (χ0v) is 11.9. The van der Waals surface area contributed by atoms with Gasteiger partial charge >= 0.3 is 0 Å². The molecule has 0 aliphatic carbocycles. The summed E-state index contributed by atoms with van der Waals surface area (Å²) >= 11 is 5.95. The number of aromatic nitrogens is 2. The summed E-state index contributed by atoms with van der Waals surface area (Å²) in [6.07, 6.45) is 5.29. The highest BCUT2D eigenvalue weighted by atomic mass is 35.5. The maximum atomic E-state index is 11.1. The van der Waals surface area contributed by atoms with Crippen molar-refractivity contribution in [1.82, 2.24) is 9.97 Å². The quantitative estimate of drug-likeness (QED) is 0.563. The van der Waals surface area contributed by atoms with Crippen LogP contribution in [-0.4, -0.2) is 28.8 Å². The van der Waals surface area contributed by atoms with Crippen molar-refractivity contribution < 1.29 is 4.79 Å². The van der Waals surface area contributed by atoms with Gasteiger partial charge in [-0.05, 0) is 19.8 Å². The maximum absolute atomic E-state index is 11.1. The lowest BCUT2D eigenvalue weighted by Gasteiger charge is -2.30. The third-order valence-electron chi connectivity index (χ3n) is 3.08. The van der Waals surface area contributed by atoms with Gasteiger partial charge < -0.3 is 4.90 Å². The summed E-state index contributed by atoms with van der Waals surface area (Å²) in [7, 11) is 0. The fourth-order valence-electron chi connectivity index (χ4n) is 1.78. The van der Waals surface area contributed by atoms with Crippen LogP contribution in [0.25, 0.3) is 0 Å². The molecule has 0 bridgehead atoms. The van der Waals surface area contributed by atoms with Gasteiger partial charge in [0.25, 0.3) is 0 Å². The maximum Gasteiger partial charge on any atom is 0.156 e. The molecule has 0 saturated heterocycles. The number of aldehydes is 1. The summed E-state index contributed by atoms with van der Waals surface area (Å²) in [5, 5.41) is 0.222. The third-order valence-corrected chi connectivity index (χ3v) is 3.38. The molecule has 0 amide bonds. The molecule has 1 atom stereocenters. The molecular formula is C13H20ClN3O. The Balaban J connectivity index is 3.11. The van der Waals surface area contributed by atoms with E-state index in [2.05, 4.69) is 35.6 Å². The first-order chi connectivity index (χ1) is 8.65. The fraction of sp³-hybridized carbons (Fsp3) is 0.615. The van der Waals surface area contributed by atoms with Crippen molar-refractivity contribution in [2.45, 2.75) is 46.1 Å². The Morgan fingerprint density at radius 1 is 1.44 bits per heavy atom. The van der Waals surface area contributed by atoms with Gasteiger partial charge in [0.2, 0.25) is 0 Å². The molecule has 0 spiro atoms. The Morgan fingerprint density at radius 2 is 2.17 bits per heavy atom. The smallest absolute Gasteiger partial charge is 0.156 e. The molecule has 1 rings (SSSR count). The van der Waals surface area contributed by atoms with Crippen molar-refractivity contribution in [2.75, 3.05) is 11.4 Å². The van der Waals surface area contributed by atoms with Crippen LogP contribution in [0.2, 0.25) is 5.15 Å². The lowest BCUT2D eigenvalue weighted by molar-refractivity contribution is 0.112. The second kappa shape index (κ2) is 7.31. The minimum absolute atomic E-state index is 0.222. The van der Waals surface area contributed by atoms with Gasteiger partial charge in [-0.3, -0.25) is 4.79 Å². The van der Waals surface area contributed by atoms with Crippen molar-refractivity contribution in [3.63, 3.8) is 0 Å². The predicted molar refractivity (Wildman–Crippen MR) is 74.4 cm³/mol. The van der Waals surface area contributed by atoms with E-state index in [0.29, 0.717) is 17.4 Å². The van der Waals surface area contributed by atoms with E-state index in [-0.39, 0.29) is 5.15 Å². The van der Waals surface area contributed by atoms with Crippen LogP contribution in [0.1, 0.15) is 50.4 Å². The largest absolute Gasteiger partial charge is 0.353 e. The zero-order valence-electron chi connectivity index (χ0n) is 11.2. The van der Waals surface area contributed by atoms with Gasteiger partial charge in [-0.25, -0.2) is 9.97 Å². The topological polar surface area (TPSA) is 46.1 Å². The van der Waals surface area contributed by atoms with E-state index in [0.717, 1.165) is 32.1 Å². The van der Waals surface area contributed by atoms with Gasteiger partial charge in [0.15, 0.2) is 6.29 Å². The minimum atomic E-state index is 0.222. The van der Waals surface area contributed by atoms with E-state index in [1.54, 1.807) is 0 Å². The Labute approximate surface area is 113 Å². The predicted octanol–water partition coefficient (Wildman–Crippen LogP) is 3.35. The van der Waals surface area contributed by atoms with E-state index in [1.807, 2.05) is 0 Å². The van der Waals surface area contributed by atoms with Gasteiger partial charge in [0, 0.05) is 12.6 Å². The van der Waals surface area contributed by atoms with Crippen LogP contribution >= 0.6 is 11.6 Å². The molecule has 5 heteroatoms. The highest BCUT2D eigenvalue weighted by Crippen LogP contribution is 2.24.